The van der Waals surface area contributed by atoms with Crippen LogP contribution in [0.5, 0.6) is 0 Å². The SMILES string of the molecule is O=C(Cc1ccc(Cl)c(Cl)c1)N1CC[C@@H](O)C[C@@H]1CN1CCCC1. The molecule has 0 spiro atoms. The summed E-state index contributed by atoms with van der Waals surface area (Å²) in [7, 11) is 0. The van der Waals surface area contributed by atoms with E-state index >= 15 is 0 Å². The van der Waals surface area contributed by atoms with Crippen molar-refractivity contribution in [3.8, 4) is 0 Å². The first kappa shape index (κ1) is 18.0. The number of amides is 1. The molecular formula is C18H24Cl2N2O2. The molecule has 24 heavy (non-hydrogen) atoms. The van der Waals surface area contributed by atoms with Crippen LogP contribution in [0.25, 0.3) is 0 Å². The molecule has 6 heteroatoms. The number of rotatable bonds is 4. The normalized spacial score (nSPS) is 25.2. The van der Waals surface area contributed by atoms with Gasteiger partial charge in [0, 0.05) is 19.1 Å². The molecule has 0 saturated carbocycles. The summed E-state index contributed by atoms with van der Waals surface area (Å²) in [6.07, 6.45) is 3.81. The molecule has 2 fully saturated rings. The predicted molar refractivity (Wildman–Crippen MR) is 96.6 cm³/mol. The molecule has 1 aromatic rings. The molecule has 2 heterocycles. The Morgan fingerprint density at radius 3 is 2.62 bits per heavy atom. The highest BCUT2D eigenvalue weighted by Crippen LogP contribution is 2.25. The Kier molecular flexibility index (Phi) is 6.03. The van der Waals surface area contributed by atoms with Crippen molar-refractivity contribution >= 4 is 29.1 Å². The summed E-state index contributed by atoms with van der Waals surface area (Å²) in [5.41, 5.74) is 0.875. The van der Waals surface area contributed by atoms with Gasteiger partial charge in [0.25, 0.3) is 0 Å². The lowest BCUT2D eigenvalue weighted by molar-refractivity contribution is -0.136. The van der Waals surface area contributed by atoms with Gasteiger partial charge in [-0.05, 0) is 56.5 Å². The Bertz CT molecular complexity index is 590. The molecule has 0 unspecified atom stereocenters. The lowest BCUT2D eigenvalue weighted by atomic mass is 9.97. The zero-order valence-electron chi connectivity index (χ0n) is 13.8. The molecule has 1 aromatic carbocycles. The van der Waals surface area contributed by atoms with Gasteiger partial charge in [0.2, 0.25) is 5.91 Å². The molecule has 0 aliphatic carbocycles. The highest BCUT2D eigenvalue weighted by Gasteiger charge is 2.32. The van der Waals surface area contributed by atoms with Crippen LogP contribution in [0.4, 0.5) is 0 Å². The molecule has 0 bridgehead atoms. The molecule has 2 atom stereocenters. The van der Waals surface area contributed by atoms with E-state index in [4.69, 9.17) is 23.2 Å². The van der Waals surface area contributed by atoms with Crippen LogP contribution < -0.4 is 0 Å². The third-order valence-corrected chi connectivity index (χ3v) is 5.75. The lowest BCUT2D eigenvalue weighted by Crippen LogP contribution is -2.52. The first-order valence-corrected chi connectivity index (χ1v) is 9.42. The van der Waals surface area contributed by atoms with E-state index in [9.17, 15) is 9.90 Å². The summed E-state index contributed by atoms with van der Waals surface area (Å²) in [6, 6.07) is 5.44. The first-order chi connectivity index (χ1) is 11.5. The van der Waals surface area contributed by atoms with E-state index in [0.29, 0.717) is 35.9 Å². The standard InChI is InChI=1S/C18H24Cl2N2O2/c19-16-4-3-13(9-17(16)20)10-18(24)22-8-5-15(23)11-14(22)12-21-6-1-2-7-21/h3-4,9,14-15,23H,1-2,5-8,10-12H2/t14-,15-/m1/s1. The van der Waals surface area contributed by atoms with Crippen molar-refractivity contribution in [3.05, 3.63) is 33.8 Å². The van der Waals surface area contributed by atoms with Crippen molar-refractivity contribution in [3.63, 3.8) is 0 Å². The molecule has 0 aromatic heterocycles. The minimum absolute atomic E-state index is 0.0992. The Hall–Kier alpha value is -0.810. The maximum absolute atomic E-state index is 12.8. The second kappa shape index (κ2) is 8.05. The fourth-order valence-corrected chi connectivity index (χ4v) is 4.04. The molecule has 2 aliphatic heterocycles. The van der Waals surface area contributed by atoms with Crippen molar-refractivity contribution < 1.29 is 9.90 Å². The van der Waals surface area contributed by atoms with Gasteiger partial charge >= 0.3 is 0 Å². The van der Waals surface area contributed by atoms with Crippen LogP contribution in [-0.4, -0.2) is 59.1 Å². The third-order valence-electron chi connectivity index (χ3n) is 5.02. The molecule has 2 aliphatic rings. The van der Waals surface area contributed by atoms with Gasteiger partial charge in [0.1, 0.15) is 0 Å². The van der Waals surface area contributed by atoms with Gasteiger partial charge < -0.3 is 14.9 Å². The third kappa shape index (κ3) is 4.42. The molecule has 3 rings (SSSR count). The predicted octanol–water partition coefficient (Wildman–Crippen LogP) is 2.98. The van der Waals surface area contributed by atoms with E-state index in [-0.39, 0.29) is 18.1 Å². The molecule has 2 saturated heterocycles. The van der Waals surface area contributed by atoms with Crippen molar-refractivity contribution in [2.24, 2.45) is 0 Å². The maximum atomic E-state index is 12.8. The average molecular weight is 371 g/mol. The van der Waals surface area contributed by atoms with Crippen molar-refractivity contribution in [2.75, 3.05) is 26.2 Å². The number of aliphatic hydroxyl groups is 1. The fourth-order valence-electron chi connectivity index (χ4n) is 3.72. The van der Waals surface area contributed by atoms with E-state index < -0.39 is 0 Å². The molecule has 4 nitrogen and oxygen atoms in total. The minimum atomic E-state index is -0.299. The van der Waals surface area contributed by atoms with Crippen LogP contribution in [0.3, 0.4) is 0 Å². The lowest BCUT2D eigenvalue weighted by Gasteiger charge is -2.40. The summed E-state index contributed by atoms with van der Waals surface area (Å²) in [4.78, 5) is 17.2. The Balaban J connectivity index is 1.66. The van der Waals surface area contributed by atoms with Crippen molar-refractivity contribution in [1.82, 2.24) is 9.80 Å². The van der Waals surface area contributed by atoms with E-state index in [0.717, 1.165) is 25.2 Å². The van der Waals surface area contributed by atoms with Crippen molar-refractivity contribution in [2.45, 2.75) is 44.2 Å². The number of hydrogen-bond donors (Lipinski definition) is 1. The molecular weight excluding hydrogens is 347 g/mol. The fraction of sp³-hybridized carbons (Fsp3) is 0.611. The topological polar surface area (TPSA) is 43.8 Å². The smallest absolute Gasteiger partial charge is 0.227 e. The highest BCUT2D eigenvalue weighted by atomic mass is 35.5. The van der Waals surface area contributed by atoms with Gasteiger partial charge in [0.15, 0.2) is 0 Å². The summed E-state index contributed by atoms with van der Waals surface area (Å²) in [5.74, 6) is 0.101. The highest BCUT2D eigenvalue weighted by molar-refractivity contribution is 6.42. The number of likely N-dealkylation sites (tertiary alicyclic amines) is 2. The molecule has 1 amide bonds. The van der Waals surface area contributed by atoms with Crippen molar-refractivity contribution in [1.29, 1.82) is 0 Å². The number of halogens is 2. The van der Waals surface area contributed by atoms with E-state index in [1.54, 1.807) is 12.1 Å². The molecule has 0 radical (unpaired) electrons. The quantitative estimate of drug-likeness (QED) is 0.885. The van der Waals surface area contributed by atoms with Gasteiger partial charge in [-0.1, -0.05) is 29.3 Å². The number of benzene rings is 1. The van der Waals surface area contributed by atoms with Gasteiger partial charge in [-0.15, -0.1) is 0 Å². The average Bonchev–Trinajstić information content (AvgIpc) is 3.04. The van der Waals surface area contributed by atoms with Crippen LogP contribution in [0.15, 0.2) is 18.2 Å². The van der Waals surface area contributed by atoms with Gasteiger partial charge in [-0.3, -0.25) is 4.79 Å². The summed E-state index contributed by atoms with van der Waals surface area (Å²) in [6.45, 7) is 3.69. The number of hydrogen-bond acceptors (Lipinski definition) is 3. The Labute approximate surface area is 153 Å². The van der Waals surface area contributed by atoms with E-state index in [1.807, 2.05) is 11.0 Å². The van der Waals surface area contributed by atoms with E-state index in [1.165, 1.54) is 12.8 Å². The van der Waals surface area contributed by atoms with Crippen LogP contribution in [0.1, 0.15) is 31.2 Å². The second-order valence-electron chi connectivity index (χ2n) is 6.85. The number of carbonyl (C=O) groups is 1. The van der Waals surface area contributed by atoms with Crippen LogP contribution in [-0.2, 0) is 11.2 Å². The minimum Gasteiger partial charge on any atom is -0.393 e. The van der Waals surface area contributed by atoms with Gasteiger partial charge in [-0.25, -0.2) is 0 Å². The monoisotopic (exact) mass is 370 g/mol. The maximum Gasteiger partial charge on any atom is 0.227 e. The zero-order chi connectivity index (χ0) is 17.1. The Morgan fingerprint density at radius 1 is 1.17 bits per heavy atom. The summed E-state index contributed by atoms with van der Waals surface area (Å²) < 4.78 is 0. The second-order valence-corrected chi connectivity index (χ2v) is 7.67. The van der Waals surface area contributed by atoms with Gasteiger partial charge in [0.05, 0.1) is 22.6 Å². The molecule has 1 N–H and O–H groups in total. The summed E-state index contributed by atoms with van der Waals surface area (Å²) >= 11 is 12.0. The van der Waals surface area contributed by atoms with Crippen LogP contribution >= 0.6 is 23.2 Å². The van der Waals surface area contributed by atoms with Crippen LogP contribution in [0, 0.1) is 0 Å². The summed E-state index contributed by atoms with van der Waals surface area (Å²) in [5, 5.41) is 11.0. The van der Waals surface area contributed by atoms with E-state index in [2.05, 4.69) is 4.90 Å². The number of aliphatic hydroxyl groups excluding tert-OH is 1. The number of carbonyl (C=O) groups excluding carboxylic acids is 1. The first-order valence-electron chi connectivity index (χ1n) is 8.67. The Morgan fingerprint density at radius 2 is 1.92 bits per heavy atom. The zero-order valence-corrected chi connectivity index (χ0v) is 15.3. The number of piperidine rings is 1. The largest absolute Gasteiger partial charge is 0.393 e. The molecule has 132 valence electrons. The van der Waals surface area contributed by atoms with Gasteiger partial charge in [-0.2, -0.15) is 0 Å². The number of nitrogens with zero attached hydrogens (tertiary/aromatic N) is 2. The van der Waals surface area contributed by atoms with Crippen LogP contribution in [0.2, 0.25) is 10.0 Å².